The zero-order valence-electron chi connectivity index (χ0n) is 9.77. The number of likely N-dealkylation sites (tertiary alicyclic amines) is 1. The van der Waals surface area contributed by atoms with Gasteiger partial charge in [0.2, 0.25) is 5.13 Å². The van der Waals surface area contributed by atoms with Crippen LogP contribution in [0.3, 0.4) is 0 Å². The van der Waals surface area contributed by atoms with Gasteiger partial charge in [-0.05, 0) is 26.3 Å². The number of methoxy groups -OCH3 is 1. The van der Waals surface area contributed by atoms with E-state index in [4.69, 9.17) is 10.5 Å². The molecule has 0 amide bonds. The predicted octanol–water partition coefficient (Wildman–Crippen LogP) is 1.12. The van der Waals surface area contributed by atoms with Gasteiger partial charge >= 0.3 is 0 Å². The van der Waals surface area contributed by atoms with Crippen molar-refractivity contribution in [1.82, 2.24) is 15.1 Å². The molecular formula is C10H18N4OS. The van der Waals surface area contributed by atoms with Gasteiger partial charge < -0.3 is 10.5 Å². The molecule has 2 heterocycles. The van der Waals surface area contributed by atoms with Crippen LogP contribution in [0.15, 0.2) is 0 Å². The zero-order chi connectivity index (χ0) is 11.6. The quantitative estimate of drug-likeness (QED) is 0.860. The third-order valence-corrected chi connectivity index (χ3v) is 3.81. The Morgan fingerprint density at radius 2 is 2.38 bits per heavy atom. The number of piperidine rings is 1. The van der Waals surface area contributed by atoms with Gasteiger partial charge in [0.1, 0.15) is 5.01 Å². The van der Waals surface area contributed by atoms with Crippen molar-refractivity contribution >= 4 is 16.5 Å². The van der Waals surface area contributed by atoms with Crippen LogP contribution in [0.1, 0.15) is 24.8 Å². The van der Waals surface area contributed by atoms with Crippen LogP contribution in [0, 0.1) is 0 Å². The Morgan fingerprint density at radius 1 is 1.56 bits per heavy atom. The summed E-state index contributed by atoms with van der Waals surface area (Å²) in [5, 5.41) is 9.40. The van der Waals surface area contributed by atoms with Gasteiger partial charge in [0, 0.05) is 13.7 Å². The van der Waals surface area contributed by atoms with E-state index in [0.29, 0.717) is 5.13 Å². The van der Waals surface area contributed by atoms with Crippen LogP contribution in [-0.2, 0) is 11.3 Å². The molecule has 1 aromatic rings. The summed E-state index contributed by atoms with van der Waals surface area (Å²) < 4.78 is 5.55. The van der Waals surface area contributed by atoms with Crippen molar-refractivity contribution in [1.29, 1.82) is 0 Å². The van der Waals surface area contributed by atoms with E-state index in [9.17, 15) is 0 Å². The second-order valence-electron chi connectivity index (χ2n) is 4.50. The van der Waals surface area contributed by atoms with Gasteiger partial charge in [-0.25, -0.2) is 0 Å². The van der Waals surface area contributed by atoms with E-state index in [1.54, 1.807) is 7.11 Å². The largest absolute Gasteiger partial charge is 0.377 e. The lowest BCUT2D eigenvalue weighted by molar-refractivity contribution is -0.0527. The molecule has 6 heteroatoms. The Bertz CT molecular complexity index is 356. The lowest BCUT2D eigenvalue weighted by atomic mass is 9.95. The second-order valence-corrected chi connectivity index (χ2v) is 5.60. The SMILES string of the molecule is COC1(C)CCCN(Cc2nnc(N)s2)C1. The van der Waals surface area contributed by atoms with E-state index in [-0.39, 0.29) is 5.60 Å². The Morgan fingerprint density at radius 3 is 3.00 bits per heavy atom. The number of ether oxygens (including phenoxy) is 1. The molecule has 90 valence electrons. The van der Waals surface area contributed by atoms with Crippen LogP contribution in [0.4, 0.5) is 5.13 Å². The molecule has 2 N–H and O–H groups in total. The third kappa shape index (κ3) is 2.69. The van der Waals surface area contributed by atoms with Crippen molar-refractivity contribution in [3.8, 4) is 0 Å². The number of nitrogen functional groups attached to an aromatic ring is 1. The molecule has 0 saturated carbocycles. The summed E-state index contributed by atoms with van der Waals surface area (Å²) in [6.07, 6.45) is 2.29. The van der Waals surface area contributed by atoms with Crippen molar-refractivity contribution < 1.29 is 4.74 Å². The first-order valence-corrected chi connectivity index (χ1v) is 6.28. The highest BCUT2D eigenvalue weighted by atomic mass is 32.1. The van der Waals surface area contributed by atoms with Gasteiger partial charge in [-0.2, -0.15) is 0 Å². The molecular weight excluding hydrogens is 224 g/mol. The highest BCUT2D eigenvalue weighted by Crippen LogP contribution is 2.25. The van der Waals surface area contributed by atoms with E-state index in [0.717, 1.165) is 31.1 Å². The van der Waals surface area contributed by atoms with E-state index in [2.05, 4.69) is 22.0 Å². The molecule has 0 spiro atoms. The van der Waals surface area contributed by atoms with Gasteiger partial charge in [-0.3, -0.25) is 4.90 Å². The van der Waals surface area contributed by atoms with Crippen molar-refractivity contribution in [3.05, 3.63) is 5.01 Å². The fourth-order valence-electron chi connectivity index (χ4n) is 2.13. The Labute approximate surface area is 99.6 Å². The number of nitrogens with two attached hydrogens (primary N) is 1. The Kier molecular flexibility index (Phi) is 3.41. The van der Waals surface area contributed by atoms with Crippen LogP contribution in [0.25, 0.3) is 0 Å². The third-order valence-electron chi connectivity index (χ3n) is 3.07. The summed E-state index contributed by atoms with van der Waals surface area (Å²) in [5.74, 6) is 0. The van der Waals surface area contributed by atoms with Crippen LogP contribution < -0.4 is 5.73 Å². The van der Waals surface area contributed by atoms with Gasteiger partial charge in [0.15, 0.2) is 0 Å². The fraction of sp³-hybridized carbons (Fsp3) is 0.800. The van der Waals surface area contributed by atoms with E-state index in [1.807, 2.05) is 0 Å². The van der Waals surface area contributed by atoms with Gasteiger partial charge in [0.05, 0.1) is 12.1 Å². The summed E-state index contributed by atoms with van der Waals surface area (Å²) in [6, 6.07) is 0. The molecule has 2 rings (SSSR count). The lowest BCUT2D eigenvalue weighted by Gasteiger charge is -2.39. The standard InChI is InChI=1S/C10H18N4OS/c1-10(15-2)4-3-5-14(7-10)6-8-12-13-9(11)16-8/h3-7H2,1-2H3,(H2,11,13). The number of aromatic nitrogens is 2. The van der Waals surface area contributed by atoms with Gasteiger partial charge in [0.25, 0.3) is 0 Å². The minimum absolute atomic E-state index is 0.0194. The predicted molar refractivity (Wildman–Crippen MR) is 64.2 cm³/mol. The van der Waals surface area contributed by atoms with E-state index in [1.165, 1.54) is 17.8 Å². The van der Waals surface area contributed by atoms with Gasteiger partial charge in [-0.15, -0.1) is 10.2 Å². The number of rotatable bonds is 3. The maximum Gasteiger partial charge on any atom is 0.203 e. The first-order valence-electron chi connectivity index (χ1n) is 5.47. The van der Waals surface area contributed by atoms with Crippen molar-refractivity contribution in [2.45, 2.75) is 31.9 Å². The fourth-order valence-corrected chi connectivity index (χ4v) is 2.78. The molecule has 5 nitrogen and oxygen atoms in total. The normalized spacial score (nSPS) is 27.1. The van der Waals surface area contributed by atoms with Crippen LogP contribution in [-0.4, -0.2) is 40.9 Å². The van der Waals surface area contributed by atoms with Gasteiger partial charge in [-0.1, -0.05) is 11.3 Å². The summed E-state index contributed by atoms with van der Waals surface area (Å²) in [4.78, 5) is 2.35. The molecule has 0 aromatic carbocycles. The topological polar surface area (TPSA) is 64.3 Å². The maximum absolute atomic E-state index is 5.56. The molecule has 1 aromatic heterocycles. The van der Waals surface area contributed by atoms with Crippen molar-refractivity contribution in [2.24, 2.45) is 0 Å². The molecule has 0 bridgehead atoms. The minimum Gasteiger partial charge on any atom is -0.377 e. The molecule has 1 unspecified atom stereocenters. The number of anilines is 1. The average Bonchev–Trinajstić information content (AvgIpc) is 2.64. The Balaban J connectivity index is 1.95. The summed E-state index contributed by atoms with van der Waals surface area (Å²) >= 11 is 1.46. The van der Waals surface area contributed by atoms with Crippen LogP contribution in [0.2, 0.25) is 0 Å². The smallest absolute Gasteiger partial charge is 0.203 e. The summed E-state index contributed by atoms with van der Waals surface area (Å²) in [7, 11) is 1.78. The minimum atomic E-state index is -0.0194. The highest BCUT2D eigenvalue weighted by Gasteiger charge is 2.30. The molecule has 0 radical (unpaired) electrons. The van der Waals surface area contributed by atoms with Crippen molar-refractivity contribution in [2.75, 3.05) is 25.9 Å². The van der Waals surface area contributed by atoms with Crippen LogP contribution >= 0.6 is 11.3 Å². The zero-order valence-corrected chi connectivity index (χ0v) is 10.6. The number of hydrogen-bond acceptors (Lipinski definition) is 6. The average molecular weight is 242 g/mol. The second kappa shape index (κ2) is 4.65. The first kappa shape index (κ1) is 11.8. The highest BCUT2D eigenvalue weighted by molar-refractivity contribution is 7.15. The summed E-state index contributed by atoms with van der Waals surface area (Å²) in [6.45, 7) is 5.03. The molecule has 1 saturated heterocycles. The van der Waals surface area contributed by atoms with Crippen LogP contribution in [0.5, 0.6) is 0 Å². The molecule has 1 aliphatic rings. The maximum atomic E-state index is 5.56. The number of hydrogen-bond donors (Lipinski definition) is 1. The molecule has 16 heavy (non-hydrogen) atoms. The monoisotopic (exact) mass is 242 g/mol. The van der Waals surface area contributed by atoms with Crippen molar-refractivity contribution in [3.63, 3.8) is 0 Å². The summed E-state index contributed by atoms with van der Waals surface area (Å²) in [5.41, 5.74) is 5.55. The molecule has 1 fully saturated rings. The molecule has 1 aliphatic heterocycles. The number of nitrogens with zero attached hydrogens (tertiary/aromatic N) is 3. The first-order chi connectivity index (χ1) is 7.61. The lowest BCUT2D eigenvalue weighted by Crippen LogP contribution is -2.46. The Hall–Kier alpha value is -0.720. The van der Waals surface area contributed by atoms with E-state index < -0.39 is 0 Å². The molecule has 1 atom stereocenters. The van der Waals surface area contributed by atoms with E-state index >= 15 is 0 Å². The molecule has 0 aliphatic carbocycles.